The smallest absolute Gasteiger partial charge is 0.0701 e. The maximum Gasteiger partial charge on any atom is 0.0701 e. The number of nitrogens with one attached hydrogen (secondary N) is 1. The molecule has 0 radical (unpaired) electrons. The van der Waals surface area contributed by atoms with Gasteiger partial charge in [0.25, 0.3) is 0 Å². The Morgan fingerprint density at radius 1 is 0.950 bits per heavy atom. The van der Waals surface area contributed by atoms with Gasteiger partial charge in [0.05, 0.1) is 38.8 Å². The fraction of sp³-hybridized carbons (Fsp3) is 0.867. The molecule has 0 saturated carbocycles. The molecule has 0 fully saturated rings. The number of hydrogen-bond acceptors (Lipinski definition) is 5. The summed E-state index contributed by atoms with van der Waals surface area (Å²) in [5.41, 5.74) is 0. The number of unbranched alkanes of at least 4 members (excludes halogenated alkanes) is 1. The molecule has 0 aliphatic rings. The largest absolute Gasteiger partial charge is 0.379 e. The molecular formula is C15H29NO3S. The Morgan fingerprint density at radius 3 is 2.25 bits per heavy atom. The SMILES string of the molecule is C#CCSCCNCCOCCOCCOCCCC. The van der Waals surface area contributed by atoms with Gasteiger partial charge >= 0.3 is 0 Å². The molecule has 0 heterocycles. The summed E-state index contributed by atoms with van der Waals surface area (Å²) >= 11 is 1.77. The van der Waals surface area contributed by atoms with Crippen molar-refractivity contribution in [2.75, 3.05) is 64.2 Å². The van der Waals surface area contributed by atoms with Gasteiger partial charge in [0.1, 0.15) is 0 Å². The molecule has 0 aromatic rings. The first-order valence-corrected chi connectivity index (χ1v) is 8.52. The predicted octanol–water partition coefficient (Wildman–Crippen LogP) is 1.79. The van der Waals surface area contributed by atoms with E-state index >= 15 is 0 Å². The highest BCUT2D eigenvalue weighted by Gasteiger charge is 1.92. The normalized spacial score (nSPS) is 10.6. The van der Waals surface area contributed by atoms with Gasteiger partial charge in [-0.3, -0.25) is 0 Å². The Balaban J connectivity index is 2.91. The van der Waals surface area contributed by atoms with Gasteiger partial charge in [-0.2, -0.15) is 0 Å². The van der Waals surface area contributed by atoms with E-state index in [-0.39, 0.29) is 0 Å². The molecule has 0 atom stereocenters. The van der Waals surface area contributed by atoms with Gasteiger partial charge in [-0.05, 0) is 6.42 Å². The summed E-state index contributed by atoms with van der Waals surface area (Å²) in [5, 5.41) is 3.30. The topological polar surface area (TPSA) is 39.7 Å². The van der Waals surface area contributed by atoms with Crippen LogP contribution < -0.4 is 5.32 Å². The number of terminal acetylenes is 1. The van der Waals surface area contributed by atoms with E-state index in [0.29, 0.717) is 26.4 Å². The van der Waals surface area contributed by atoms with Crippen molar-refractivity contribution in [3.05, 3.63) is 0 Å². The van der Waals surface area contributed by atoms with Crippen molar-refractivity contribution in [3.63, 3.8) is 0 Å². The fourth-order valence-electron chi connectivity index (χ4n) is 1.33. The Morgan fingerprint density at radius 2 is 1.60 bits per heavy atom. The molecule has 0 saturated heterocycles. The van der Waals surface area contributed by atoms with Gasteiger partial charge in [0.15, 0.2) is 0 Å². The minimum atomic E-state index is 0.634. The van der Waals surface area contributed by atoms with Crippen molar-refractivity contribution < 1.29 is 14.2 Å². The van der Waals surface area contributed by atoms with E-state index in [1.54, 1.807) is 11.8 Å². The lowest BCUT2D eigenvalue weighted by Crippen LogP contribution is -2.23. The lowest BCUT2D eigenvalue weighted by molar-refractivity contribution is 0.0147. The molecule has 20 heavy (non-hydrogen) atoms. The van der Waals surface area contributed by atoms with E-state index in [4.69, 9.17) is 20.6 Å². The molecule has 0 aliphatic heterocycles. The van der Waals surface area contributed by atoms with Crippen LogP contribution in [0.3, 0.4) is 0 Å². The van der Waals surface area contributed by atoms with Crippen LogP contribution in [0.4, 0.5) is 0 Å². The van der Waals surface area contributed by atoms with Crippen molar-refractivity contribution in [2.45, 2.75) is 19.8 Å². The second-order valence-corrected chi connectivity index (χ2v) is 5.30. The quantitative estimate of drug-likeness (QED) is 0.348. The van der Waals surface area contributed by atoms with Crippen molar-refractivity contribution in [2.24, 2.45) is 0 Å². The average molecular weight is 303 g/mol. The molecule has 4 nitrogen and oxygen atoms in total. The van der Waals surface area contributed by atoms with Crippen LogP contribution in [0.25, 0.3) is 0 Å². The molecule has 118 valence electrons. The average Bonchev–Trinajstić information content (AvgIpc) is 2.47. The van der Waals surface area contributed by atoms with Crippen LogP contribution in [0.2, 0.25) is 0 Å². The van der Waals surface area contributed by atoms with Crippen LogP contribution in [0.5, 0.6) is 0 Å². The summed E-state index contributed by atoms with van der Waals surface area (Å²) in [6.07, 6.45) is 7.45. The Labute approximate surface area is 128 Å². The number of rotatable bonds is 16. The third-order valence-electron chi connectivity index (χ3n) is 2.42. The molecule has 0 aliphatic carbocycles. The van der Waals surface area contributed by atoms with Crippen LogP contribution in [0, 0.1) is 12.3 Å². The summed E-state index contributed by atoms with van der Waals surface area (Å²) in [7, 11) is 0. The van der Waals surface area contributed by atoms with Crippen LogP contribution in [0.1, 0.15) is 19.8 Å². The van der Waals surface area contributed by atoms with Crippen molar-refractivity contribution in [1.29, 1.82) is 0 Å². The molecule has 0 bridgehead atoms. The minimum Gasteiger partial charge on any atom is -0.379 e. The molecule has 1 N–H and O–H groups in total. The van der Waals surface area contributed by atoms with E-state index in [0.717, 1.165) is 44.2 Å². The number of thioether (sulfide) groups is 1. The number of hydrogen-bond donors (Lipinski definition) is 1. The first kappa shape index (κ1) is 19.8. The molecule has 5 heteroatoms. The summed E-state index contributed by atoms with van der Waals surface area (Å²) in [4.78, 5) is 0. The molecule has 0 aromatic carbocycles. The maximum atomic E-state index is 5.44. The van der Waals surface area contributed by atoms with Crippen LogP contribution >= 0.6 is 11.8 Å². The predicted molar refractivity (Wildman–Crippen MR) is 86.4 cm³/mol. The zero-order valence-electron chi connectivity index (χ0n) is 12.7. The Bertz CT molecular complexity index is 222. The fourth-order valence-corrected chi connectivity index (χ4v) is 1.88. The highest BCUT2D eigenvalue weighted by atomic mass is 32.2. The van der Waals surface area contributed by atoms with Crippen molar-refractivity contribution in [1.82, 2.24) is 5.32 Å². The van der Waals surface area contributed by atoms with E-state index < -0.39 is 0 Å². The second kappa shape index (κ2) is 18.8. The zero-order chi connectivity index (χ0) is 14.7. The molecular weight excluding hydrogens is 274 g/mol. The number of ether oxygens (including phenoxy) is 3. The molecule has 0 amide bonds. The molecule has 0 unspecified atom stereocenters. The first-order valence-electron chi connectivity index (χ1n) is 7.37. The van der Waals surface area contributed by atoms with Gasteiger partial charge in [-0.1, -0.05) is 19.3 Å². The van der Waals surface area contributed by atoms with E-state index in [9.17, 15) is 0 Å². The van der Waals surface area contributed by atoms with E-state index in [1.165, 1.54) is 6.42 Å². The maximum absolute atomic E-state index is 5.44. The zero-order valence-corrected chi connectivity index (χ0v) is 13.5. The van der Waals surface area contributed by atoms with Crippen LogP contribution in [-0.4, -0.2) is 64.2 Å². The van der Waals surface area contributed by atoms with Gasteiger partial charge in [0.2, 0.25) is 0 Å². The van der Waals surface area contributed by atoms with Crippen molar-refractivity contribution in [3.8, 4) is 12.3 Å². The van der Waals surface area contributed by atoms with E-state index in [2.05, 4.69) is 18.2 Å². The summed E-state index contributed by atoms with van der Waals surface area (Å²) < 4.78 is 16.2. The Hall–Kier alpha value is -0.250. The van der Waals surface area contributed by atoms with E-state index in [1.807, 2.05) is 0 Å². The van der Waals surface area contributed by atoms with Crippen LogP contribution in [-0.2, 0) is 14.2 Å². The van der Waals surface area contributed by atoms with Gasteiger partial charge in [-0.25, -0.2) is 0 Å². The second-order valence-electron chi connectivity index (χ2n) is 4.20. The molecule has 0 spiro atoms. The summed E-state index contributed by atoms with van der Waals surface area (Å²) in [6, 6.07) is 0. The lowest BCUT2D eigenvalue weighted by Gasteiger charge is -2.07. The third-order valence-corrected chi connectivity index (χ3v) is 3.28. The highest BCUT2D eigenvalue weighted by molar-refractivity contribution is 7.99. The summed E-state index contributed by atoms with van der Waals surface area (Å²) in [5.74, 6) is 4.44. The molecule has 0 aromatic heterocycles. The third kappa shape index (κ3) is 17.8. The van der Waals surface area contributed by atoms with Gasteiger partial charge < -0.3 is 19.5 Å². The molecule has 0 rings (SSSR count). The highest BCUT2D eigenvalue weighted by Crippen LogP contribution is 1.94. The van der Waals surface area contributed by atoms with Crippen molar-refractivity contribution >= 4 is 11.8 Å². The van der Waals surface area contributed by atoms with Gasteiger partial charge in [0, 0.05) is 25.4 Å². The minimum absolute atomic E-state index is 0.634. The van der Waals surface area contributed by atoms with Crippen LogP contribution in [0.15, 0.2) is 0 Å². The lowest BCUT2D eigenvalue weighted by atomic mass is 10.4. The monoisotopic (exact) mass is 303 g/mol. The first-order chi connectivity index (χ1) is 9.91. The summed E-state index contributed by atoms with van der Waals surface area (Å²) in [6.45, 7) is 8.16. The standard InChI is InChI=1S/C15H29NO3S/c1-3-5-8-17-10-12-19-13-11-18-9-6-16-7-15-20-14-4-2/h2,16H,3,5-15H2,1H3. The van der Waals surface area contributed by atoms with Gasteiger partial charge in [-0.15, -0.1) is 18.2 Å². The Kier molecular flexibility index (Phi) is 18.5.